The Morgan fingerprint density at radius 2 is 1.74 bits per heavy atom. The average molecular weight is 335 g/mol. The van der Waals surface area contributed by atoms with E-state index >= 15 is 0 Å². The van der Waals surface area contributed by atoms with E-state index in [1.54, 1.807) is 12.1 Å². The van der Waals surface area contributed by atoms with Gasteiger partial charge in [0.15, 0.2) is 0 Å². The van der Waals surface area contributed by atoms with Crippen molar-refractivity contribution in [1.29, 1.82) is 0 Å². The predicted octanol–water partition coefficient (Wildman–Crippen LogP) is 4.52. The van der Waals surface area contributed by atoms with E-state index in [0.717, 1.165) is 17.2 Å². The fourth-order valence-electron chi connectivity index (χ4n) is 2.44. The van der Waals surface area contributed by atoms with Gasteiger partial charge in [-0.1, -0.05) is 28.9 Å². The lowest BCUT2D eigenvalue weighted by Gasteiger charge is -2.11. The average Bonchev–Trinajstić information content (AvgIpc) is 2.96. The van der Waals surface area contributed by atoms with Crippen molar-refractivity contribution in [2.24, 2.45) is 5.73 Å². The molecule has 1 heterocycles. The van der Waals surface area contributed by atoms with Crippen LogP contribution in [0.1, 0.15) is 17.3 Å². The molecule has 0 fully saturated rings. The topological polar surface area (TPSA) is 52.0 Å². The highest BCUT2D eigenvalue weighted by molar-refractivity contribution is 6.30. The summed E-state index contributed by atoms with van der Waals surface area (Å²) < 4.78 is 31.6. The van der Waals surface area contributed by atoms with E-state index in [4.69, 9.17) is 21.9 Å². The van der Waals surface area contributed by atoms with Gasteiger partial charge >= 0.3 is 0 Å². The molecule has 0 aliphatic rings. The second-order valence-corrected chi connectivity index (χ2v) is 5.65. The Kier molecular flexibility index (Phi) is 4.41. The summed E-state index contributed by atoms with van der Waals surface area (Å²) in [6.45, 7) is 0. The first-order valence-electron chi connectivity index (χ1n) is 6.93. The van der Waals surface area contributed by atoms with E-state index in [1.807, 2.05) is 12.1 Å². The van der Waals surface area contributed by atoms with Crippen LogP contribution in [0, 0.1) is 11.6 Å². The zero-order chi connectivity index (χ0) is 16.4. The Morgan fingerprint density at radius 3 is 2.39 bits per heavy atom. The monoisotopic (exact) mass is 334 g/mol. The SMILES string of the molecule is NC(Cc1cc(F)cc(F)c1)c1nocc1-c1ccc(Cl)cc1. The van der Waals surface area contributed by atoms with Gasteiger partial charge in [0.2, 0.25) is 0 Å². The second-order valence-electron chi connectivity index (χ2n) is 5.21. The van der Waals surface area contributed by atoms with Gasteiger partial charge in [0, 0.05) is 16.7 Å². The summed E-state index contributed by atoms with van der Waals surface area (Å²) in [4.78, 5) is 0. The van der Waals surface area contributed by atoms with Crippen LogP contribution in [-0.2, 0) is 6.42 Å². The smallest absolute Gasteiger partial charge is 0.131 e. The molecule has 0 aliphatic heterocycles. The van der Waals surface area contributed by atoms with Crippen molar-refractivity contribution in [2.45, 2.75) is 12.5 Å². The van der Waals surface area contributed by atoms with Crippen LogP contribution in [0.5, 0.6) is 0 Å². The number of hydrogen-bond donors (Lipinski definition) is 1. The first-order chi connectivity index (χ1) is 11.0. The van der Waals surface area contributed by atoms with E-state index in [9.17, 15) is 8.78 Å². The molecule has 0 saturated heterocycles. The summed E-state index contributed by atoms with van der Waals surface area (Å²) in [5.41, 5.74) is 8.71. The Balaban J connectivity index is 1.87. The van der Waals surface area contributed by atoms with Gasteiger partial charge in [0.25, 0.3) is 0 Å². The third kappa shape index (κ3) is 3.57. The van der Waals surface area contributed by atoms with Crippen molar-refractivity contribution in [1.82, 2.24) is 5.16 Å². The maximum absolute atomic E-state index is 13.3. The molecule has 0 saturated carbocycles. The molecule has 1 atom stereocenters. The second kappa shape index (κ2) is 6.48. The zero-order valence-corrected chi connectivity index (χ0v) is 12.7. The largest absolute Gasteiger partial charge is 0.364 e. The van der Waals surface area contributed by atoms with Crippen molar-refractivity contribution in [3.05, 3.63) is 76.6 Å². The van der Waals surface area contributed by atoms with Gasteiger partial charge in [-0.2, -0.15) is 0 Å². The quantitative estimate of drug-likeness (QED) is 0.763. The summed E-state index contributed by atoms with van der Waals surface area (Å²) in [5.74, 6) is -1.27. The van der Waals surface area contributed by atoms with Gasteiger partial charge in [-0.25, -0.2) is 8.78 Å². The zero-order valence-electron chi connectivity index (χ0n) is 12.0. The fourth-order valence-corrected chi connectivity index (χ4v) is 2.56. The van der Waals surface area contributed by atoms with E-state index in [-0.39, 0.29) is 6.42 Å². The number of benzene rings is 2. The van der Waals surface area contributed by atoms with Gasteiger partial charge in [-0.3, -0.25) is 0 Å². The molecule has 3 rings (SSSR count). The van der Waals surface area contributed by atoms with Crippen LogP contribution >= 0.6 is 11.6 Å². The Labute approximate surface area is 136 Å². The Morgan fingerprint density at radius 1 is 1.09 bits per heavy atom. The van der Waals surface area contributed by atoms with Crippen molar-refractivity contribution in [3.63, 3.8) is 0 Å². The predicted molar refractivity (Wildman–Crippen MR) is 83.9 cm³/mol. The molecule has 0 aliphatic carbocycles. The molecule has 2 aromatic carbocycles. The molecular formula is C17H13ClF2N2O. The van der Waals surface area contributed by atoms with E-state index in [0.29, 0.717) is 16.3 Å². The van der Waals surface area contributed by atoms with Crippen molar-refractivity contribution in [2.75, 3.05) is 0 Å². The van der Waals surface area contributed by atoms with Crippen LogP contribution in [0.15, 0.2) is 53.3 Å². The van der Waals surface area contributed by atoms with Crippen LogP contribution < -0.4 is 5.73 Å². The summed E-state index contributed by atoms with van der Waals surface area (Å²) in [6.07, 6.45) is 1.73. The molecule has 6 heteroatoms. The lowest BCUT2D eigenvalue weighted by Crippen LogP contribution is -2.15. The number of aromatic nitrogens is 1. The van der Waals surface area contributed by atoms with Gasteiger partial charge < -0.3 is 10.3 Å². The molecular weight excluding hydrogens is 322 g/mol. The molecule has 0 bridgehead atoms. The standard InChI is InChI=1S/C17H13ClF2N2O/c18-12-3-1-11(2-4-12)15-9-23-22-17(15)16(21)7-10-5-13(19)8-14(20)6-10/h1-6,8-9,16H,7,21H2. The highest BCUT2D eigenvalue weighted by atomic mass is 35.5. The first-order valence-corrected chi connectivity index (χ1v) is 7.31. The highest BCUT2D eigenvalue weighted by Gasteiger charge is 2.18. The minimum Gasteiger partial charge on any atom is -0.364 e. The van der Waals surface area contributed by atoms with Gasteiger partial charge in [-0.05, 0) is 41.8 Å². The molecule has 1 aromatic heterocycles. The molecule has 0 amide bonds. The van der Waals surface area contributed by atoms with Gasteiger partial charge in [0.1, 0.15) is 23.6 Å². The molecule has 1 unspecified atom stereocenters. The van der Waals surface area contributed by atoms with Crippen molar-refractivity contribution >= 4 is 11.6 Å². The fraction of sp³-hybridized carbons (Fsp3) is 0.118. The maximum atomic E-state index is 13.3. The summed E-state index contributed by atoms with van der Waals surface area (Å²) in [7, 11) is 0. The number of halogens is 3. The van der Waals surface area contributed by atoms with Crippen molar-refractivity contribution < 1.29 is 13.3 Å². The van der Waals surface area contributed by atoms with Gasteiger partial charge in [-0.15, -0.1) is 0 Å². The molecule has 0 spiro atoms. The third-order valence-corrected chi connectivity index (χ3v) is 3.73. The molecule has 0 radical (unpaired) electrons. The van der Waals surface area contributed by atoms with E-state index in [1.165, 1.54) is 18.4 Å². The molecule has 3 nitrogen and oxygen atoms in total. The third-order valence-electron chi connectivity index (χ3n) is 3.48. The lowest BCUT2D eigenvalue weighted by molar-refractivity contribution is 0.405. The van der Waals surface area contributed by atoms with Crippen LogP contribution in [0.3, 0.4) is 0 Å². The molecule has 3 aromatic rings. The first kappa shape index (κ1) is 15.6. The normalized spacial score (nSPS) is 12.3. The van der Waals surface area contributed by atoms with Crippen LogP contribution in [-0.4, -0.2) is 5.16 Å². The molecule has 2 N–H and O–H groups in total. The maximum Gasteiger partial charge on any atom is 0.131 e. The molecule has 118 valence electrons. The van der Waals surface area contributed by atoms with Crippen LogP contribution in [0.2, 0.25) is 5.02 Å². The van der Waals surface area contributed by atoms with E-state index < -0.39 is 17.7 Å². The van der Waals surface area contributed by atoms with Crippen LogP contribution in [0.25, 0.3) is 11.1 Å². The number of nitrogens with two attached hydrogens (primary N) is 1. The number of nitrogens with zero attached hydrogens (tertiary/aromatic N) is 1. The number of hydrogen-bond acceptors (Lipinski definition) is 3. The number of rotatable bonds is 4. The lowest BCUT2D eigenvalue weighted by atomic mass is 9.98. The summed E-state index contributed by atoms with van der Waals surface area (Å²) in [5, 5.41) is 4.55. The minimum atomic E-state index is -0.634. The minimum absolute atomic E-state index is 0.238. The summed E-state index contributed by atoms with van der Waals surface area (Å²) >= 11 is 5.88. The van der Waals surface area contributed by atoms with Gasteiger partial charge in [0.05, 0.1) is 6.04 Å². The molecule has 23 heavy (non-hydrogen) atoms. The Hall–Kier alpha value is -2.24. The Bertz CT molecular complexity index is 797. The van der Waals surface area contributed by atoms with Crippen LogP contribution in [0.4, 0.5) is 8.78 Å². The summed E-state index contributed by atoms with van der Waals surface area (Å²) in [6, 6.07) is 9.93. The van der Waals surface area contributed by atoms with E-state index in [2.05, 4.69) is 5.16 Å². The van der Waals surface area contributed by atoms with Crippen molar-refractivity contribution in [3.8, 4) is 11.1 Å². The highest BCUT2D eigenvalue weighted by Crippen LogP contribution is 2.29.